The molecule has 0 bridgehead atoms. The first-order valence-corrected chi connectivity index (χ1v) is 43.2. The number of nitrogens with zero attached hydrogens (tertiary/aromatic N) is 10. The summed E-state index contributed by atoms with van der Waals surface area (Å²) < 4.78 is 54.8. The molecule has 6 aromatic heterocycles. The fourth-order valence-corrected chi connectivity index (χ4v) is 16.2. The molecule has 3 amide bonds. The Hall–Kier alpha value is -13.5. The maximum Gasteiger partial charge on any atom is 0.416 e. The monoisotopic (exact) mass is 1760 g/mol. The molecule has 1 aliphatic carbocycles. The number of halogens is 4. The molecule has 7 N–H and O–H groups in total. The van der Waals surface area contributed by atoms with Crippen molar-refractivity contribution in [1.29, 1.82) is 0 Å². The van der Waals surface area contributed by atoms with Crippen LogP contribution in [0.4, 0.5) is 35.4 Å². The van der Waals surface area contributed by atoms with E-state index in [0.717, 1.165) is 156 Å². The van der Waals surface area contributed by atoms with Crippen LogP contribution in [0.25, 0.3) is 39.5 Å². The number of carboxylic acids is 1. The number of rotatable bonds is 24. The minimum Gasteiger partial charge on any atom is -0.496 e. The number of hydrogen-bond donors (Lipinski definition) is 6. The molecule has 3 fully saturated rings. The van der Waals surface area contributed by atoms with Gasteiger partial charge in [-0.3, -0.25) is 48.5 Å². The highest BCUT2D eigenvalue weighted by Gasteiger charge is 2.35. The van der Waals surface area contributed by atoms with Crippen LogP contribution in [0.1, 0.15) is 135 Å². The number of thiazole rings is 1. The van der Waals surface area contributed by atoms with Crippen molar-refractivity contribution >= 4 is 109 Å². The van der Waals surface area contributed by atoms with Gasteiger partial charge in [-0.15, -0.1) is 11.3 Å². The Bertz CT molecular complexity index is 6380. The van der Waals surface area contributed by atoms with Crippen LogP contribution >= 0.6 is 22.9 Å². The number of anilines is 4. The third kappa shape index (κ3) is 23.6. The van der Waals surface area contributed by atoms with E-state index in [1.165, 1.54) is 30.1 Å². The lowest BCUT2D eigenvalue weighted by Gasteiger charge is -2.33. The smallest absolute Gasteiger partial charge is 0.416 e. The van der Waals surface area contributed by atoms with Crippen LogP contribution in [0, 0.1) is 45.5 Å². The lowest BCUT2D eigenvalue weighted by atomic mass is 9.96. The number of amides is 3. The molecule has 128 heavy (non-hydrogen) atoms. The molecule has 656 valence electrons. The fourth-order valence-electron chi connectivity index (χ4n) is 15.2. The quantitative estimate of drug-likeness (QED) is 0.0186. The lowest BCUT2D eigenvalue weighted by molar-refractivity contribution is -0.139. The number of H-pyrrole nitrogens is 1. The Labute approximate surface area is 748 Å². The first kappa shape index (κ1) is 90.7. The molecule has 24 nitrogen and oxygen atoms in total. The summed E-state index contributed by atoms with van der Waals surface area (Å²) in [5.41, 5.74) is 22.8. The molecule has 0 radical (unpaired) electrons. The Morgan fingerprint density at radius 1 is 0.727 bits per heavy atom. The predicted octanol–water partition coefficient (Wildman–Crippen LogP) is 17.7. The summed E-state index contributed by atoms with van der Waals surface area (Å²) in [5.74, 6) is 6.34. The van der Waals surface area contributed by atoms with E-state index < -0.39 is 23.6 Å². The average molecular weight is 1770 g/mol. The average Bonchev–Trinajstić information content (AvgIpc) is 1.59. The number of imidazole rings is 1. The number of aryl methyl sites for hydroxylation is 3. The van der Waals surface area contributed by atoms with Crippen LogP contribution in [0.5, 0.6) is 17.2 Å². The highest BCUT2D eigenvalue weighted by Crippen LogP contribution is 2.40. The third-order valence-electron chi connectivity index (χ3n) is 22.8. The van der Waals surface area contributed by atoms with Gasteiger partial charge >= 0.3 is 12.1 Å². The van der Waals surface area contributed by atoms with Crippen molar-refractivity contribution < 1.29 is 56.5 Å². The van der Waals surface area contributed by atoms with Crippen LogP contribution in [0.3, 0.4) is 0 Å². The number of ketones is 2. The number of methoxy groups -OCH3 is 1. The van der Waals surface area contributed by atoms with Crippen molar-refractivity contribution in [2.75, 3.05) is 89.5 Å². The van der Waals surface area contributed by atoms with Crippen LogP contribution < -0.4 is 31.2 Å². The fraction of sp³-hybridized carbons (Fsp3) is 0.263. The number of pyridine rings is 2. The topological polar surface area (TPSA) is 301 Å². The number of alkyl halides is 3. The molecule has 29 heteroatoms. The van der Waals surface area contributed by atoms with Gasteiger partial charge in [-0.25, -0.2) is 14.5 Å². The number of carbonyl (C=O) groups is 6. The minimum absolute atomic E-state index is 0.0961. The van der Waals surface area contributed by atoms with E-state index in [1.54, 1.807) is 96.2 Å². The van der Waals surface area contributed by atoms with E-state index in [1.807, 2.05) is 130 Å². The first-order chi connectivity index (χ1) is 61.6. The standard InChI is InChI=1S/C30H28F3N5O.C28H30N6OS.C23H21ClN2O4.C18H18N2O3/c1-21-5-7-24(18-23(21)9-10-26-19-34-29-4-3-11-35-38(26)29)28(39)17-22-6-8-25(27(16-22)30(31,32)33)20-37-14-12-36(2)13-15-37;1-20-5-10-24(16-25(20)31-28-32-26(19-36-28)23-4-3-11-29-17-23)30-27(35)22-8-6-21(7-9-22)18-34-14-12-33(2)13-15-34;1-29-22-12-20-17(11-18(22)23(25)28)21(6-7-26-20)30-16-5-4-14(19(24)10-16)9-15(27)8-13-2-3-13;1-10-12(7-8-17(21)22)11(2)19-16(10)9-14-13-5-3-4-6-15(13)20-18(14)23/h3-8,11,16,18-19H,12-15,17,20H2,1-2H3;3-11,16-17,19H,12-15,18H2,1-2H3,(H,30,35)(H,31,32);4-7,10-13H,2-3,8-9H2,1H3,(H2,25,28);3-6,9,19H,7-8H2,1-2H3,(H,20,23)(H,21,22)/b;;;14-9-. The summed E-state index contributed by atoms with van der Waals surface area (Å²) in [5, 5.41) is 26.3. The maximum atomic E-state index is 14.0. The normalized spacial score (nSPS) is 14.4. The number of aliphatic carboxylic acids is 1. The second-order valence-electron chi connectivity index (χ2n) is 32.2. The molecule has 17 rings (SSSR count). The molecule has 3 aliphatic heterocycles. The van der Waals surface area contributed by atoms with Gasteiger partial charge in [0, 0.05) is 194 Å². The summed E-state index contributed by atoms with van der Waals surface area (Å²) in [6.45, 7) is 16.4. The van der Waals surface area contributed by atoms with Gasteiger partial charge in [0.05, 0.1) is 41.2 Å². The SMILES string of the molecule is COc1cc2nccc(Oc3ccc(CC(=O)CC4CC4)c(Cl)c3)c2cc1C(N)=O.Cc1[nH]c(/C=C2\C(=O)Nc3ccccc32)c(C)c1CCC(=O)O.Cc1ccc(C(=O)Cc2ccc(CN3CCN(C)CC3)c(C(F)(F)F)c2)cc1C#Cc1cnc2cccnn12.Cc1ccc(NC(=O)c2ccc(CN3CCN(C)CC3)cc2)cc1Nc1nc(-c2cccnc2)cs1. The number of piperazine rings is 2. The summed E-state index contributed by atoms with van der Waals surface area (Å²) in [4.78, 5) is 103. The number of fused-ring (bicyclic) bond motifs is 3. The molecule has 0 unspecified atom stereocenters. The van der Waals surface area contributed by atoms with Crippen molar-refractivity contribution in [3.8, 4) is 40.3 Å². The van der Waals surface area contributed by atoms with Crippen molar-refractivity contribution in [2.24, 2.45) is 11.7 Å². The van der Waals surface area contributed by atoms with E-state index in [0.29, 0.717) is 97.5 Å². The van der Waals surface area contributed by atoms with E-state index >= 15 is 0 Å². The number of nitrogens with two attached hydrogens (primary N) is 1. The summed E-state index contributed by atoms with van der Waals surface area (Å²) >= 11 is 7.93. The van der Waals surface area contributed by atoms with Crippen LogP contribution in [-0.4, -0.2) is 168 Å². The van der Waals surface area contributed by atoms with Gasteiger partial charge in [-0.1, -0.05) is 84.3 Å². The Morgan fingerprint density at radius 3 is 2.16 bits per heavy atom. The molecule has 1 saturated carbocycles. The van der Waals surface area contributed by atoms with Crippen LogP contribution in [0.2, 0.25) is 5.02 Å². The zero-order chi connectivity index (χ0) is 90.3. The summed E-state index contributed by atoms with van der Waals surface area (Å²) in [6.07, 6.45) is 9.48. The summed E-state index contributed by atoms with van der Waals surface area (Å²) in [6, 6.07) is 48.5. The maximum absolute atomic E-state index is 14.0. The van der Waals surface area contributed by atoms with E-state index in [-0.39, 0.29) is 53.9 Å². The Kier molecular flexibility index (Phi) is 29.3. The van der Waals surface area contributed by atoms with Gasteiger partial charge in [0.15, 0.2) is 16.6 Å². The Balaban J connectivity index is 0.000000140. The number of aromatic nitrogens is 7. The molecular weight excluding hydrogens is 1670 g/mol. The number of nitrogens with one attached hydrogen (secondary N) is 4. The molecule has 2 saturated heterocycles. The van der Waals surface area contributed by atoms with Crippen molar-refractivity contribution in [3.63, 3.8) is 0 Å². The van der Waals surface area contributed by atoms with E-state index in [2.05, 4.69) is 91.7 Å². The van der Waals surface area contributed by atoms with Gasteiger partial charge in [0.2, 0.25) is 0 Å². The zero-order valence-electron chi connectivity index (χ0n) is 71.9. The van der Waals surface area contributed by atoms with Crippen LogP contribution in [0.15, 0.2) is 200 Å². The van der Waals surface area contributed by atoms with E-state index in [9.17, 15) is 41.9 Å². The van der Waals surface area contributed by atoms with Gasteiger partial charge in [-0.05, 0) is 214 Å². The highest BCUT2D eigenvalue weighted by molar-refractivity contribution is 7.14. The van der Waals surface area contributed by atoms with Gasteiger partial charge < -0.3 is 51.0 Å². The molecule has 0 spiro atoms. The van der Waals surface area contributed by atoms with Gasteiger partial charge in [0.1, 0.15) is 28.7 Å². The molecule has 0 atom stereocenters. The van der Waals surface area contributed by atoms with Gasteiger partial charge in [0.25, 0.3) is 17.7 Å². The minimum atomic E-state index is -4.50. The summed E-state index contributed by atoms with van der Waals surface area (Å²) in [7, 11) is 5.64. The number of benzene rings is 7. The molecule has 9 heterocycles. The highest BCUT2D eigenvalue weighted by atomic mass is 35.5. The van der Waals surface area contributed by atoms with Crippen molar-refractivity contribution in [1.82, 2.24) is 54.1 Å². The number of Topliss-reactive ketones (excluding diaryl/α,β-unsaturated/α-hetero) is 2. The van der Waals surface area contributed by atoms with Crippen molar-refractivity contribution in [2.45, 2.75) is 91.9 Å². The number of ether oxygens (including phenoxy) is 2. The number of para-hydroxylation sites is 1. The second kappa shape index (κ2) is 41.3. The molecule has 4 aliphatic rings. The van der Waals surface area contributed by atoms with Gasteiger partial charge in [-0.2, -0.15) is 18.3 Å². The number of likely N-dealkylation sites (N-methyl/N-ethyl adjacent to an activating group) is 2. The Morgan fingerprint density at radius 2 is 1.45 bits per heavy atom. The number of hydrogen-bond acceptors (Lipinski definition) is 19. The predicted molar refractivity (Wildman–Crippen MR) is 493 cm³/mol. The van der Waals surface area contributed by atoms with Crippen LogP contribution in [-0.2, 0) is 52.9 Å². The largest absolute Gasteiger partial charge is 0.496 e. The third-order valence-corrected chi connectivity index (χ3v) is 23.9. The molecular formula is C99H97ClF3N15O9S. The van der Waals surface area contributed by atoms with Crippen molar-refractivity contribution in [3.05, 3.63) is 300 Å². The molecule has 7 aromatic carbocycles. The molecule has 13 aromatic rings. The van der Waals surface area contributed by atoms with E-state index in [4.69, 9.17) is 31.9 Å². The second-order valence-corrected chi connectivity index (χ2v) is 33.5. The number of carbonyl (C=O) groups excluding carboxylic acids is 5. The number of aromatic amines is 1. The first-order valence-electron chi connectivity index (χ1n) is 42.0. The number of primary amides is 1. The number of carboxylic acid groups (broad SMARTS) is 1. The lowest BCUT2D eigenvalue weighted by Crippen LogP contribution is -2.44. The zero-order valence-corrected chi connectivity index (χ0v) is 73.5.